The molecule has 1 saturated carbocycles. The maximum Gasteiger partial charge on any atom is 0.0798 e. The first-order chi connectivity index (χ1) is 6.15. The van der Waals surface area contributed by atoms with Gasteiger partial charge in [0.25, 0.3) is 0 Å². The van der Waals surface area contributed by atoms with Crippen molar-refractivity contribution in [2.45, 2.75) is 38.0 Å². The smallest absolute Gasteiger partial charge is 0.0798 e. The predicted molar refractivity (Wildman–Crippen MR) is 55.9 cm³/mol. The van der Waals surface area contributed by atoms with E-state index >= 15 is 0 Å². The molecule has 0 aromatic carbocycles. The van der Waals surface area contributed by atoms with Crippen molar-refractivity contribution in [3.63, 3.8) is 0 Å². The average Bonchev–Trinajstić information content (AvgIpc) is 2.83. The van der Waals surface area contributed by atoms with Crippen LogP contribution in [0.2, 0.25) is 0 Å². The summed E-state index contributed by atoms with van der Waals surface area (Å²) in [7, 11) is 0. The molecule has 1 aliphatic carbocycles. The Morgan fingerprint density at radius 3 is 2.85 bits per heavy atom. The number of terminal acetylenes is 1. The molecule has 1 nitrogen and oxygen atoms in total. The van der Waals surface area contributed by atoms with Gasteiger partial charge in [-0.05, 0) is 26.7 Å². The molecule has 13 heavy (non-hydrogen) atoms. The molecule has 0 radical (unpaired) electrons. The molecule has 0 atom stereocenters. The Morgan fingerprint density at radius 2 is 2.31 bits per heavy atom. The molecule has 0 bridgehead atoms. The van der Waals surface area contributed by atoms with E-state index in [9.17, 15) is 0 Å². The number of hydrogen-bond donors (Lipinski definition) is 0. The van der Waals surface area contributed by atoms with Crippen LogP contribution in [-0.2, 0) is 5.41 Å². The summed E-state index contributed by atoms with van der Waals surface area (Å²) < 4.78 is 0. The van der Waals surface area contributed by atoms with Crippen LogP contribution in [0.4, 0.5) is 0 Å². The molecule has 1 aromatic heterocycles. The minimum atomic E-state index is -0.140. The largest absolute Gasteiger partial charge is 0.249 e. The topological polar surface area (TPSA) is 12.9 Å². The van der Waals surface area contributed by atoms with Gasteiger partial charge >= 0.3 is 0 Å². The first kappa shape index (κ1) is 8.77. The molecule has 68 valence electrons. The number of rotatable bonds is 2. The summed E-state index contributed by atoms with van der Waals surface area (Å²) in [6.07, 6.45) is 8.09. The van der Waals surface area contributed by atoms with Crippen molar-refractivity contribution in [2.75, 3.05) is 0 Å². The van der Waals surface area contributed by atoms with Crippen molar-refractivity contribution in [1.82, 2.24) is 4.98 Å². The van der Waals surface area contributed by atoms with Crippen LogP contribution < -0.4 is 0 Å². The van der Waals surface area contributed by atoms with Gasteiger partial charge in [0.05, 0.1) is 16.6 Å². The molecule has 1 fully saturated rings. The van der Waals surface area contributed by atoms with Gasteiger partial charge in [-0.3, -0.25) is 0 Å². The minimum absolute atomic E-state index is 0.140. The SMILES string of the molecule is C#CC(C)(C)c1scnc1C1CC1. The van der Waals surface area contributed by atoms with Crippen LogP contribution in [0.5, 0.6) is 0 Å². The van der Waals surface area contributed by atoms with Crippen LogP contribution in [0.3, 0.4) is 0 Å². The van der Waals surface area contributed by atoms with Crippen molar-refractivity contribution >= 4 is 11.3 Å². The molecule has 1 aromatic rings. The molecule has 2 heteroatoms. The van der Waals surface area contributed by atoms with E-state index in [0.29, 0.717) is 5.92 Å². The van der Waals surface area contributed by atoms with Crippen LogP contribution in [0.1, 0.15) is 43.2 Å². The molecule has 1 heterocycles. The van der Waals surface area contributed by atoms with Gasteiger partial charge in [-0.15, -0.1) is 17.8 Å². The van der Waals surface area contributed by atoms with Crippen LogP contribution in [0.25, 0.3) is 0 Å². The van der Waals surface area contributed by atoms with Gasteiger partial charge in [0, 0.05) is 10.8 Å². The second-order valence-corrected chi connectivity index (χ2v) is 4.97. The fourth-order valence-electron chi connectivity index (χ4n) is 1.44. The molecular weight excluding hydrogens is 178 g/mol. The number of hydrogen-bond acceptors (Lipinski definition) is 2. The van der Waals surface area contributed by atoms with Gasteiger partial charge in [-0.2, -0.15) is 0 Å². The number of nitrogens with zero attached hydrogens (tertiary/aromatic N) is 1. The Labute approximate surface area is 83.2 Å². The Kier molecular flexibility index (Phi) is 1.92. The Hall–Kier alpha value is -0.810. The Balaban J connectivity index is 2.40. The second-order valence-electron chi connectivity index (χ2n) is 4.11. The van der Waals surface area contributed by atoms with E-state index in [4.69, 9.17) is 6.42 Å². The molecule has 0 unspecified atom stereocenters. The maximum absolute atomic E-state index is 5.52. The molecule has 0 spiro atoms. The fourth-order valence-corrected chi connectivity index (χ4v) is 2.40. The lowest BCUT2D eigenvalue weighted by Crippen LogP contribution is -2.14. The van der Waals surface area contributed by atoms with E-state index in [2.05, 4.69) is 24.8 Å². The summed E-state index contributed by atoms with van der Waals surface area (Å²) >= 11 is 1.70. The summed E-state index contributed by atoms with van der Waals surface area (Å²) in [5.41, 5.74) is 3.04. The molecular formula is C11H13NS. The van der Waals surface area contributed by atoms with Crippen LogP contribution in [0.15, 0.2) is 5.51 Å². The third-order valence-electron chi connectivity index (χ3n) is 2.49. The molecule has 0 N–H and O–H groups in total. The normalized spacial score (nSPS) is 17.0. The number of thiazole rings is 1. The summed E-state index contributed by atoms with van der Waals surface area (Å²) in [6, 6.07) is 0. The summed E-state index contributed by atoms with van der Waals surface area (Å²) in [5.74, 6) is 3.54. The lowest BCUT2D eigenvalue weighted by molar-refractivity contribution is 0.700. The first-order valence-corrected chi connectivity index (χ1v) is 5.45. The lowest BCUT2D eigenvalue weighted by atomic mass is 9.90. The van der Waals surface area contributed by atoms with Crippen molar-refractivity contribution in [1.29, 1.82) is 0 Å². The van der Waals surface area contributed by atoms with Gasteiger partial charge in [0.2, 0.25) is 0 Å². The van der Waals surface area contributed by atoms with Crippen molar-refractivity contribution in [3.05, 3.63) is 16.1 Å². The zero-order chi connectivity index (χ0) is 9.47. The van der Waals surface area contributed by atoms with Crippen molar-refractivity contribution in [3.8, 4) is 12.3 Å². The third-order valence-corrected chi connectivity index (χ3v) is 3.65. The quantitative estimate of drug-likeness (QED) is 0.655. The molecule has 0 saturated heterocycles. The second kappa shape index (κ2) is 2.85. The van der Waals surface area contributed by atoms with Gasteiger partial charge in [-0.1, -0.05) is 5.92 Å². The zero-order valence-corrected chi connectivity index (χ0v) is 8.82. The highest BCUT2D eigenvalue weighted by Crippen LogP contribution is 2.44. The minimum Gasteiger partial charge on any atom is -0.249 e. The van der Waals surface area contributed by atoms with Crippen molar-refractivity contribution in [2.24, 2.45) is 0 Å². The monoisotopic (exact) mass is 191 g/mol. The highest BCUT2D eigenvalue weighted by molar-refractivity contribution is 7.10. The lowest BCUT2D eigenvalue weighted by Gasteiger charge is -2.16. The van der Waals surface area contributed by atoms with E-state index in [1.165, 1.54) is 23.4 Å². The summed E-state index contributed by atoms with van der Waals surface area (Å²) in [6.45, 7) is 4.18. The van der Waals surface area contributed by atoms with Gasteiger partial charge in [0.15, 0.2) is 0 Å². The summed E-state index contributed by atoms with van der Waals surface area (Å²) in [5, 5.41) is 0. The standard InChI is InChI=1S/C11H13NS/c1-4-11(2,3)10-9(8-5-6-8)12-7-13-10/h1,7-8H,5-6H2,2-3H3. The highest BCUT2D eigenvalue weighted by Gasteiger charge is 2.33. The molecule has 0 amide bonds. The van der Waals surface area contributed by atoms with E-state index < -0.39 is 0 Å². The van der Waals surface area contributed by atoms with Gasteiger partial charge in [0.1, 0.15) is 0 Å². The van der Waals surface area contributed by atoms with Crippen molar-refractivity contribution < 1.29 is 0 Å². The van der Waals surface area contributed by atoms with Crippen LogP contribution >= 0.6 is 11.3 Å². The molecule has 1 aliphatic rings. The van der Waals surface area contributed by atoms with Gasteiger partial charge in [-0.25, -0.2) is 4.98 Å². The zero-order valence-electron chi connectivity index (χ0n) is 8.00. The van der Waals surface area contributed by atoms with E-state index in [0.717, 1.165) is 0 Å². The number of aromatic nitrogens is 1. The predicted octanol–water partition coefficient (Wildman–Crippen LogP) is 2.93. The molecule has 2 rings (SSSR count). The van der Waals surface area contributed by atoms with Gasteiger partial charge < -0.3 is 0 Å². The van der Waals surface area contributed by atoms with Crippen LogP contribution in [-0.4, -0.2) is 4.98 Å². The first-order valence-electron chi connectivity index (χ1n) is 4.57. The van der Waals surface area contributed by atoms with Crippen LogP contribution in [0, 0.1) is 12.3 Å². The Morgan fingerprint density at radius 1 is 1.62 bits per heavy atom. The molecule has 0 aliphatic heterocycles. The maximum atomic E-state index is 5.52. The highest BCUT2D eigenvalue weighted by atomic mass is 32.1. The average molecular weight is 191 g/mol. The third kappa shape index (κ3) is 1.49. The van der Waals surface area contributed by atoms with E-state index in [1.807, 2.05) is 5.51 Å². The van der Waals surface area contributed by atoms with E-state index in [-0.39, 0.29) is 5.41 Å². The van der Waals surface area contributed by atoms with E-state index in [1.54, 1.807) is 11.3 Å². The summed E-state index contributed by atoms with van der Waals surface area (Å²) in [4.78, 5) is 5.70. The fraction of sp³-hybridized carbons (Fsp3) is 0.545. The Bertz CT molecular complexity index is 352.